The fourth-order valence-electron chi connectivity index (χ4n) is 1.81. The Kier molecular flexibility index (Phi) is 6.86. The Morgan fingerprint density at radius 3 is 2.54 bits per heavy atom. The van der Waals surface area contributed by atoms with E-state index in [9.17, 15) is 0 Å². The number of aliphatic carboxylic acids is 1. The lowest BCUT2D eigenvalue weighted by molar-refractivity contribution is -0.134. The second-order valence-electron chi connectivity index (χ2n) is 5.58. The van der Waals surface area contributed by atoms with Gasteiger partial charge >= 0.3 is 0 Å². The van der Waals surface area contributed by atoms with Gasteiger partial charge in [-0.1, -0.05) is 29.3 Å². The minimum atomic E-state index is -0.833. The van der Waals surface area contributed by atoms with Gasteiger partial charge in [-0.25, -0.2) is 9.98 Å². The molecule has 0 bridgehead atoms. The summed E-state index contributed by atoms with van der Waals surface area (Å²) in [5, 5.41) is 11.4. The number of aliphatic imine (C=N–C) groups is 2. The first-order chi connectivity index (χ1) is 11.0. The number of hydrogen-bond acceptors (Lipinski definition) is 4. The van der Waals surface area contributed by atoms with Crippen molar-refractivity contribution in [2.24, 2.45) is 15.7 Å². The molecule has 132 valence electrons. The standard InChI is InChI=1S/C13H17Cl2N5.C2H4O2/c1-13(2)19-11(16)18-12(20(13)3)17-7-8-4-5-9(14)10(15)6-8;1-2(3)4/h4-6H,7H2,1-3H3,(H3,16,17,18,19);1H3,(H,3,4). The van der Waals surface area contributed by atoms with E-state index in [-0.39, 0.29) is 0 Å². The van der Waals surface area contributed by atoms with Gasteiger partial charge in [0.25, 0.3) is 5.97 Å². The minimum absolute atomic E-state index is 0.362. The third-order valence-electron chi connectivity index (χ3n) is 3.17. The highest BCUT2D eigenvalue weighted by atomic mass is 35.5. The summed E-state index contributed by atoms with van der Waals surface area (Å²) in [6, 6.07) is 5.46. The molecule has 0 fully saturated rings. The van der Waals surface area contributed by atoms with Gasteiger partial charge in [-0.05, 0) is 31.5 Å². The summed E-state index contributed by atoms with van der Waals surface area (Å²) in [7, 11) is 1.91. The van der Waals surface area contributed by atoms with Crippen molar-refractivity contribution in [1.82, 2.24) is 10.2 Å². The van der Waals surface area contributed by atoms with Crippen LogP contribution in [-0.2, 0) is 11.3 Å². The van der Waals surface area contributed by atoms with Crippen molar-refractivity contribution in [3.8, 4) is 0 Å². The number of rotatable bonds is 2. The van der Waals surface area contributed by atoms with Crippen LogP contribution in [0.15, 0.2) is 28.2 Å². The Bertz CT molecular complexity index is 670. The molecule has 1 aromatic rings. The van der Waals surface area contributed by atoms with Crippen LogP contribution in [0.5, 0.6) is 0 Å². The predicted octanol–water partition coefficient (Wildman–Crippen LogP) is 2.53. The molecule has 0 saturated carbocycles. The van der Waals surface area contributed by atoms with Crippen LogP contribution in [0.3, 0.4) is 0 Å². The van der Waals surface area contributed by atoms with Crippen LogP contribution >= 0.6 is 23.2 Å². The first-order valence-corrected chi connectivity index (χ1v) is 7.82. The van der Waals surface area contributed by atoms with E-state index in [1.165, 1.54) is 0 Å². The zero-order valence-corrected chi connectivity index (χ0v) is 15.5. The van der Waals surface area contributed by atoms with E-state index in [1.807, 2.05) is 31.9 Å². The van der Waals surface area contributed by atoms with E-state index in [0.717, 1.165) is 12.5 Å². The maximum absolute atomic E-state index is 9.00. The highest BCUT2D eigenvalue weighted by Gasteiger charge is 2.30. The molecule has 1 aliphatic rings. The molecule has 9 heteroatoms. The third-order valence-corrected chi connectivity index (χ3v) is 3.91. The van der Waals surface area contributed by atoms with E-state index >= 15 is 0 Å². The van der Waals surface area contributed by atoms with Gasteiger partial charge in [0.2, 0.25) is 5.96 Å². The van der Waals surface area contributed by atoms with Crippen LogP contribution in [0, 0.1) is 0 Å². The number of benzene rings is 1. The van der Waals surface area contributed by atoms with Crippen molar-refractivity contribution in [2.75, 3.05) is 7.05 Å². The SMILES string of the molecule is CC(=O)O.CN1C(=NCc2ccc(Cl)c(Cl)c2)NC(N)=NC1(C)C. The van der Waals surface area contributed by atoms with Gasteiger partial charge in [0.05, 0.1) is 16.6 Å². The molecule has 0 spiro atoms. The zero-order valence-electron chi connectivity index (χ0n) is 14.0. The first kappa shape index (κ1) is 20.1. The fraction of sp³-hybridized carbons (Fsp3) is 0.400. The molecule has 4 N–H and O–H groups in total. The molecule has 24 heavy (non-hydrogen) atoms. The van der Waals surface area contributed by atoms with Crippen LogP contribution in [0.1, 0.15) is 26.3 Å². The largest absolute Gasteiger partial charge is 0.481 e. The Balaban J connectivity index is 0.000000648. The lowest BCUT2D eigenvalue weighted by Crippen LogP contribution is -2.58. The summed E-state index contributed by atoms with van der Waals surface area (Å²) in [5.74, 6) is 0.203. The number of carboxylic acid groups (broad SMARTS) is 1. The predicted molar refractivity (Wildman–Crippen MR) is 97.5 cm³/mol. The van der Waals surface area contributed by atoms with Crippen LogP contribution in [0.2, 0.25) is 10.0 Å². The number of carbonyl (C=O) groups is 1. The smallest absolute Gasteiger partial charge is 0.300 e. The van der Waals surface area contributed by atoms with Crippen molar-refractivity contribution >= 4 is 41.1 Å². The molecule has 0 radical (unpaired) electrons. The summed E-state index contributed by atoms with van der Waals surface area (Å²) in [6.07, 6.45) is 0. The minimum Gasteiger partial charge on any atom is -0.481 e. The van der Waals surface area contributed by atoms with Crippen molar-refractivity contribution < 1.29 is 9.90 Å². The van der Waals surface area contributed by atoms with Crippen LogP contribution in [-0.4, -0.2) is 40.6 Å². The van der Waals surface area contributed by atoms with Crippen LogP contribution < -0.4 is 11.1 Å². The summed E-state index contributed by atoms with van der Waals surface area (Å²) in [5.41, 5.74) is 6.32. The molecule has 0 unspecified atom stereocenters. The van der Waals surface area contributed by atoms with Gasteiger partial charge in [-0.3, -0.25) is 10.1 Å². The maximum atomic E-state index is 9.00. The fourth-order valence-corrected chi connectivity index (χ4v) is 2.13. The highest BCUT2D eigenvalue weighted by molar-refractivity contribution is 6.42. The van der Waals surface area contributed by atoms with E-state index in [0.29, 0.717) is 28.5 Å². The quantitative estimate of drug-likeness (QED) is 0.738. The number of nitrogens with two attached hydrogens (primary N) is 1. The molecule has 1 aromatic carbocycles. The highest BCUT2D eigenvalue weighted by Crippen LogP contribution is 2.23. The topological polar surface area (TPSA) is 103 Å². The molecular weight excluding hydrogens is 353 g/mol. The second-order valence-corrected chi connectivity index (χ2v) is 6.40. The van der Waals surface area contributed by atoms with Crippen molar-refractivity contribution in [3.05, 3.63) is 33.8 Å². The monoisotopic (exact) mass is 373 g/mol. The molecular formula is C15H21Cl2N5O2. The van der Waals surface area contributed by atoms with Gasteiger partial charge in [0.15, 0.2) is 5.96 Å². The summed E-state index contributed by atoms with van der Waals surface area (Å²) < 4.78 is 0. The Hall–Kier alpha value is -1.99. The van der Waals surface area contributed by atoms with Crippen LogP contribution in [0.4, 0.5) is 0 Å². The molecule has 0 aliphatic carbocycles. The van der Waals surface area contributed by atoms with Gasteiger partial charge in [-0.2, -0.15) is 0 Å². The molecule has 0 saturated heterocycles. The maximum Gasteiger partial charge on any atom is 0.300 e. The molecule has 0 amide bonds. The second kappa shape index (κ2) is 8.21. The average Bonchev–Trinajstić information content (AvgIpc) is 2.44. The lowest BCUT2D eigenvalue weighted by atomic mass is 10.2. The van der Waals surface area contributed by atoms with Crippen LogP contribution in [0.25, 0.3) is 0 Å². The normalized spacial score (nSPS) is 17.5. The number of hydrogen-bond donors (Lipinski definition) is 3. The van der Waals surface area contributed by atoms with Crippen molar-refractivity contribution in [1.29, 1.82) is 0 Å². The molecule has 7 nitrogen and oxygen atoms in total. The first-order valence-electron chi connectivity index (χ1n) is 7.07. The summed E-state index contributed by atoms with van der Waals surface area (Å²) in [6.45, 7) is 5.50. The molecule has 0 atom stereocenters. The zero-order chi connectivity index (χ0) is 18.5. The van der Waals surface area contributed by atoms with Gasteiger partial charge in [0.1, 0.15) is 5.66 Å². The van der Waals surface area contributed by atoms with Crippen molar-refractivity contribution in [2.45, 2.75) is 33.0 Å². The Morgan fingerprint density at radius 2 is 2.00 bits per heavy atom. The average molecular weight is 374 g/mol. The van der Waals surface area contributed by atoms with Gasteiger partial charge < -0.3 is 15.7 Å². The number of nitrogens with one attached hydrogen (secondary N) is 1. The molecule has 2 rings (SSSR count). The molecule has 1 heterocycles. The third kappa shape index (κ3) is 5.90. The Morgan fingerprint density at radius 1 is 1.42 bits per heavy atom. The van der Waals surface area contributed by atoms with E-state index in [1.54, 1.807) is 12.1 Å². The summed E-state index contributed by atoms with van der Waals surface area (Å²) in [4.78, 5) is 19.8. The molecule has 0 aromatic heterocycles. The number of halogens is 2. The van der Waals surface area contributed by atoms with E-state index in [4.69, 9.17) is 38.8 Å². The van der Waals surface area contributed by atoms with Crippen molar-refractivity contribution in [3.63, 3.8) is 0 Å². The van der Waals surface area contributed by atoms with E-state index < -0.39 is 11.6 Å². The molecule has 1 aliphatic heterocycles. The van der Waals surface area contributed by atoms with Gasteiger partial charge in [0, 0.05) is 14.0 Å². The number of guanidine groups is 2. The number of carboxylic acids is 1. The van der Waals surface area contributed by atoms with Gasteiger partial charge in [-0.15, -0.1) is 0 Å². The summed E-state index contributed by atoms with van der Waals surface area (Å²) >= 11 is 11.9. The lowest BCUT2D eigenvalue weighted by Gasteiger charge is -2.38. The number of nitrogens with zero attached hydrogens (tertiary/aromatic N) is 3. The van der Waals surface area contributed by atoms with E-state index in [2.05, 4.69) is 15.3 Å². The Labute approximate surface area is 151 Å².